The maximum absolute atomic E-state index is 13.4. The average molecular weight is 282 g/mol. The van der Waals surface area contributed by atoms with E-state index in [9.17, 15) is 9.18 Å². The summed E-state index contributed by atoms with van der Waals surface area (Å²) in [4.78, 5) is 11.1. The van der Waals surface area contributed by atoms with Gasteiger partial charge in [0.25, 0.3) is 0 Å². The molecule has 5 nitrogen and oxygen atoms in total. The molecular formula is C12H9ClFN3O2. The van der Waals surface area contributed by atoms with Crippen LogP contribution in [0.1, 0.15) is 34.9 Å². The van der Waals surface area contributed by atoms with Crippen molar-refractivity contribution in [1.29, 1.82) is 0 Å². The number of nitrogens with zero attached hydrogens (tertiary/aromatic N) is 3. The third-order valence-corrected chi connectivity index (χ3v) is 3.18. The first-order chi connectivity index (χ1) is 9.06. The Bertz CT molecular complexity index is 647. The fourth-order valence-corrected chi connectivity index (χ4v) is 2.23. The molecule has 0 amide bonds. The number of carboxylic acids is 1. The molecule has 98 valence electrons. The van der Waals surface area contributed by atoms with Gasteiger partial charge in [-0.15, -0.1) is 5.10 Å². The van der Waals surface area contributed by atoms with E-state index in [-0.39, 0.29) is 16.6 Å². The van der Waals surface area contributed by atoms with Gasteiger partial charge in [-0.2, -0.15) is 0 Å². The molecule has 0 unspecified atom stereocenters. The quantitative estimate of drug-likeness (QED) is 0.939. The Balaban J connectivity index is 2.16. The van der Waals surface area contributed by atoms with Crippen LogP contribution in [0.2, 0.25) is 5.02 Å². The van der Waals surface area contributed by atoms with Crippen molar-refractivity contribution in [1.82, 2.24) is 15.0 Å². The highest BCUT2D eigenvalue weighted by Gasteiger charge is 2.34. The van der Waals surface area contributed by atoms with Crippen molar-refractivity contribution in [3.05, 3.63) is 40.4 Å². The van der Waals surface area contributed by atoms with Crippen LogP contribution >= 0.6 is 11.6 Å². The minimum absolute atomic E-state index is 0.0807. The van der Waals surface area contributed by atoms with E-state index in [0.29, 0.717) is 11.4 Å². The molecule has 1 heterocycles. The van der Waals surface area contributed by atoms with E-state index in [0.717, 1.165) is 12.8 Å². The molecule has 1 aromatic heterocycles. The van der Waals surface area contributed by atoms with Crippen molar-refractivity contribution >= 4 is 17.6 Å². The Morgan fingerprint density at radius 1 is 1.42 bits per heavy atom. The molecule has 0 saturated heterocycles. The predicted molar refractivity (Wildman–Crippen MR) is 65.3 cm³/mol. The lowest BCUT2D eigenvalue weighted by Gasteiger charge is -2.06. The van der Waals surface area contributed by atoms with E-state index >= 15 is 0 Å². The lowest BCUT2D eigenvalue weighted by Crippen LogP contribution is -2.06. The van der Waals surface area contributed by atoms with E-state index in [2.05, 4.69) is 10.3 Å². The molecule has 1 N–H and O–H groups in total. The van der Waals surface area contributed by atoms with Gasteiger partial charge in [0, 0.05) is 10.9 Å². The maximum atomic E-state index is 13.4. The molecule has 3 rings (SSSR count). The third-order valence-electron chi connectivity index (χ3n) is 2.96. The zero-order chi connectivity index (χ0) is 13.6. The standard InChI is InChI=1S/C12H9ClFN3O2/c13-7-3-8(14)5-9(4-7)17-11(6-1-2-6)10(12(18)19)15-16-17/h3-6H,1-2H2,(H,18,19). The van der Waals surface area contributed by atoms with Crippen LogP contribution in [-0.2, 0) is 0 Å². The highest BCUT2D eigenvalue weighted by atomic mass is 35.5. The van der Waals surface area contributed by atoms with Crippen LogP contribution in [-0.4, -0.2) is 26.1 Å². The lowest BCUT2D eigenvalue weighted by atomic mass is 10.2. The summed E-state index contributed by atoms with van der Waals surface area (Å²) in [7, 11) is 0. The first-order valence-corrected chi connectivity index (χ1v) is 6.09. The Morgan fingerprint density at radius 2 is 2.16 bits per heavy atom. The number of rotatable bonds is 3. The second-order valence-electron chi connectivity index (χ2n) is 4.44. The van der Waals surface area contributed by atoms with Crippen LogP contribution in [0, 0.1) is 5.82 Å². The molecule has 1 aliphatic carbocycles. The molecule has 19 heavy (non-hydrogen) atoms. The van der Waals surface area contributed by atoms with Crippen molar-refractivity contribution in [2.45, 2.75) is 18.8 Å². The molecule has 1 aliphatic rings. The van der Waals surface area contributed by atoms with E-state index in [4.69, 9.17) is 16.7 Å². The second-order valence-corrected chi connectivity index (χ2v) is 4.88. The predicted octanol–water partition coefficient (Wildman–Crippen LogP) is 2.64. The van der Waals surface area contributed by atoms with Gasteiger partial charge in [0.2, 0.25) is 0 Å². The van der Waals surface area contributed by atoms with Crippen molar-refractivity contribution in [2.24, 2.45) is 0 Å². The number of carbonyl (C=O) groups is 1. The van der Waals surface area contributed by atoms with Gasteiger partial charge in [0.15, 0.2) is 5.69 Å². The summed E-state index contributed by atoms with van der Waals surface area (Å²) in [5.41, 5.74) is 0.809. The normalized spacial score (nSPS) is 14.6. The largest absolute Gasteiger partial charge is 0.476 e. The van der Waals surface area contributed by atoms with Crippen LogP contribution in [0.15, 0.2) is 18.2 Å². The summed E-state index contributed by atoms with van der Waals surface area (Å²) >= 11 is 5.80. The summed E-state index contributed by atoms with van der Waals surface area (Å²) in [6, 6.07) is 3.95. The lowest BCUT2D eigenvalue weighted by molar-refractivity contribution is 0.0689. The summed E-state index contributed by atoms with van der Waals surface area (Å²) in [6.07, 6.45) is 1.77. The molecule has 1 aromatic carbocycles. The highest BCUT2D eigenvalue weighted by molar-refractivity contribution is 6.30. The molecule has 1 saturated carbocycles. The molecule has 1 fully saturated rings. The molecule has 0 atom stereocenters. The Morgan fingerprint density at radius 3 is 2.74 bits per heavy atom. The Labute approximate surface area is 112 Å². The number of hydrogen-bond acceptors (Lipinski definition) is 3. The Hall–Kier alpha value is -1.95. The van der Waals surface area contributed by atoms with Crippen molar-refractivity contribution < 1.29 is 14.3 Å². The van der Waals surface area contributed by atoms with Gasteiger partial charge in [-0.05, 0) is 31.0 Å². The number of aromatic carboxylic acids is 1. The number of carboxylic acid groups (broad SMARTS) is 1. The van der Waals surface area contributed by atoms with Gasteiger partial charge >= 0.3 is 5.97 Å². The van der Waals surface area contributed by atoms with Gasteiger partial charge in [0.1, 0.15) is 5.82 Å². The molecular weight excluding hydrogens is 273 g/mol. The maximum Gasteiger partial charge on any atom is 0.358 e. The van der Waals surface area contributed by atoms with Gasteiger partial charge < -0.3 is 5.11 Å². The molecule has 7 heteroatoms. The van der Waals surface area contributed by atoms with E-state index < -0.39 is 11.8 Å². The number of hydrogen-bond donors (Lipinski definition) is 1. The first kappa shape index (κ1) is 12.1. The summed E-state index contributed by atoms with van der Waals surface area (Å²) in [5, 5.41) is 16.8. The van der Waals surface area contributed by atoms with Crippen LogP contribution in [0.5, 0.6) is 0 Å². The highest BCUT2D eigenvalue weighted by Crippen LogP contribution is 2.42. The van der Waals surface area contributed by atoms with Crippen molar-refractivity contribution in [2.75, 3.05) is 0 Å². The van der Waals surface area contributed by atoms with Gasteiger partial charge in [0.05, 0.1) is 11.4 Å². The second kappa shape index (κ2) is 4.31. The third kappa shape index (κ3) is 2.19. The summed E-state index contributed by atoms with van der Waals surface area (Å²) < 4.78 is 14.7. The number of aromatic nitrogens is 3. The van der Waals surface area contributed by atoms with Crippen LogP contribution in [0.4, 0.5) is 4.39 Å². The molecule has 0 spiro atoms. The molecule has 0 radical (unpaired) electrons. The Kier molecular flexibility index (Phi) is 2.74. The number of benzene rings is 1. The summed E-state index contributed by atoms with van der Waals surface area (Å²) in [5.74, 6) is -1.52. The van der Waals surface area contributed by atoms with E-state index in [1.54, 1.807) is 0 Å². The van der Waals surface area contributed by atoms with Gasteiger partial charge in [-0.25, -0.2) is 13.9 Å². The van der Waals surface area contributed by atoms with Gasteiger partial charge in [-0.1, -0.05) is 16.8 Å². The zero-order valence-electron chi connectivity index (χ0n) is 9.68. The van der Waals surface area contributed by atoms with Gasteiger partial charge in [-0.3, -0.25) is 0 Å². The van der Waals surface area contributed by atoms with Crippen LogP contribution in [0.3, 0.4) is 0 Å². The van der Waals surface area contributed by atoms with Crippen molar-refractivity contribution in [3.63, 3.8) is 0 Å². The molecule has 0 aliphatic heterocycles. The number of halogens is 2. The van der Waals surface area contributed by atoms with Crippen LogP contribution < -0.4 is 0 Å². The zero-order valence-corrected chi connectivity index (χ0v) is 10.4. The van der Waals surface area contributed by atoms with E-state index in [1.807, 2.05) is 0 Å². The minimum atomic E-state index is -1.13. The summed E-state index contributed by atoms with van der Waals surface area (Å²) in [6.45, 7) is 0. The topological polar surface area (TPSA) is 68.0 Å². The fourth-order valence-electron chi connectivity index (χ4n) is 2.02. The fraction of sp³-hybridized carbons (Fsp3) is 0.250. The van der Waals surface area contributed by atoms with Crippen molar-refractivity contribution in [3.8, 4) is 5.69 Å². The molecule has 0 bridgehead atoms. The monoisotopic (exact) mass is 281 g/mol. The first-order valence-electron chi connectivity index (χ1n) is 5.71. The average Bonchev–Trinajstić information content (AvgIpc) is 3.06. The smallest absolute Gasteiger partial charge is 0.358 e. The minimum Gasteiger partial charge on any atom is -0.476 e. The van der Waals surface area contributed by atoms with Crippen LogP contribution in [0.25, 0.3) is 5.69 Å². The molecule has 2 aromatic rings. The van der Waals surface area contributed by atoms with E-state index in [1.165, 1.54) is 22.9 Å². The SMILES string of the molecule is O=C(O)c1nnn(-c2cc(F)cc(Cl)c2)c1C1CC1.